The number of anilines is 1. The van der Waals surface area contributed by atoms with E-state index in [1.807, 2.05) is 0 Å². The summed E-state index contributed by atoms with van der Waals surface area (Å²) in [5.41, 5.74) is 1.01. The van der Waals surface area contributed by atoms with E-state index >= 15 is 0 Å². The first-order chi connectivity index (χ1) is 13.3. The van der Waals surface area contributed by atoms with E-state index in [4.69, 9.17) is 16.1 Å². The predicted octanol–water partition coefficient (Wildman–Crippen LogP) is 2.47. The zero-order valence-corrected chi connectivity index (χ0v) is 16.4. The smallest absolute Gasteiger partial charge is 0.246 e. The summed E-state index contributed by atoms with van der Waals surface area (Å²) in [5.74, 6) is -0.0300. The van der Waals surface area contributed by atoms with E-state index in [2.05, 4.69) is 15.5 Å². The second-order valence-electron chi connectivity index (χ2n) is 5.87. The molecule has 1 N–H and O–H groups in total. The summed E-state index contributed by atoms with van der Waals surface area (Å²) in [6, 6.07) is 15.4. The van der Waals surface area contributed by atoms with E-state index in [1.165, 1.54) is 0 Å². The van der Waals surface area contributed by atoms with Crippen molar-refractivity contribution >= 4 is 33.2 Å². The molecule has 0 atom stereocenters. The summed E-state index contributed by atoms with van der Waals surface area (Å²) in [7, 11) is -3.63. The Morgan fingerprint density at radius 3 is 2.50 bits per heavy atom. The molecule has 1 heterocycles. The van der Waals surface area contributed by atoms with E-state index in [9.17, 15) is 13.2 Å². The zero-order valence-electron chi connectivity index (χ0n) is 14.9. The Kier molecular flexibility index (Phi) is 5.96. The largest absolute Gasteiger partial charge is 0.345 e. The molecule has 1 amide bonds. The van der Waals surface area contributed by atoms with Crippen LogP contribution in [0.25, 0.3) is 11.4 Å². The lowest BCUT2D eigenvalue weighted by Crippen LogP contribution is -2.40. The van der Waals surface area contributed by atoms with E-state index in [0.29, 0.717) is 22.1 Å². The Balaban J connectivity index is 1.65. The number of para-hydroxylation sites is 1. The van der Waals surface area contributed by atoms with Crippen molar-refractivity contribution in [1.82, 2.24) is 15.5 Å². The first-order valence-electron chi connectivity index (χ1n) is 8.21. The number of carbonyl (C=O) groups is 1. The molecule has 0 spiro atoms. The number of carbonyl (C=O) groups excluding carboxylic acids is 1. The highest BCUT2D eigenvalue weighted by molar-refractivity contribution is 7.92. The number of halogens is 1. The van der Waals surface area contributed by atoms with Crippen LogP contribution < -0.4 is 9.62 Å². The fourth-order valence-corrected chi connectivity index (χ4v) is 3.51. The van der Waals surface area contributed by atoms with Crippen molar-refractivity contribution in [3.63, 3.8) is 0 Å². The van der Waals surface area contributed by atoms with Crippen molar-refractivity contribution in [2.45, 2.75) is 6.54 Å². The van der Waals surface area contributed by atoms with Gasteiger partial charge in [-0.25, -0.2) is 8.42 Å². The molecule has 0 unspecified atom stereocenters. The number of hydrogen-bond donors (Lipinski definition) is 1. The second kappa shape index (κ2) is 8.41. The van der Waals surface area contributed by atoms with E-state index in [0.717, 1.165) is 10.6 Å². The standard InChI is InChI=1S/C18H17ClN4O4S/c1-28(25,26)23(13-7-3-2-4-8-13)12-16(24)20-11-17-21-18(22-27-17)14-9-5-6-10-15(14)19/h2-10H,11-12H2,1H3,(H,20,24). The van der Waals surface area contributed by atoms with Crippen LogP contribution in [0.5, 0.6) is 0 Å². The van der Waals surface area contributed by atoms with Crippen LogP contribution in [0.3, 0.4) is 0 Å². The average Bonchev–Trinajstić information content (AvgIpc) is 3.13. The third-order valence-corrected chi connectivity index (χ3v) is 5.22. The first kappa shape index (κ1) is 19.8. The maximum absolute atomic E-state index is 12.2. The predicted molar refractivity (Wildman–Crippen MR) is 105 cm³/mol. The molecule has 3 aromatic rings. The first-order valence-corrected chi connectivity index (χ1v) is 10.4. The van der Waals surface area contributed by atoms with Crippen LogP contribution in [-0.4, -0.2) is 37.3 Å². The van der Waals surface area contributed by atoms with Crippen molar-refractivity contribution in [1.29, 1.82) is 0 Å². The van der Waals surface area contributed by atoms with Crippen molar-refractivity contribution < 1.29 is 17.7 Å². The van der Waals surface area contributed by atoms with Gasteiger partial charge in [-0.2, -0.15) is 4.98 Å². The lowest BCUT2D eigenvalue weighted by molar-refractivity contribution is -0.119. The molecular formula is C18H17ClN4O4S. The zero-order chi connectivity index (χ0) is 20.1. The number of nitrogens with zero attached hydrogens (tertiary/aromatic N) is 3. The van der Waals surface area contributed by atoms with Crippen LogP contribution in [0, 0.1) is 0 Å². The lowest BCUT2D eigenvalue weighted by atomic mass is 10.2. The summed E-state index contributed by atoms with van der Waals surface area (Å²) in [6.45, 7) is -0.406. The molecule has 0 fully saturated rings. The van der Waals surface area contributed by atoms with Gasteiger partial charge in [0.25, 0.3) is 0 Å². The Labute approximate surface area is 167 Å². The lowest BCUT2D eigenvalue weighted by Gasteiger charge is -2.21. The van der Waals surface area contributed by atoms with Crippen LogP contribution in [-0.2, 0) is 21.4 Å². The highest BCUT2D eigenvalue weighted by atomic mass is 35.5. The summed E-state index contributed by atoms with van der Waals surface area (Å²) < 4.78 is 30.2. The topological polar surface area (TPSA) is 105 Å². The van der Waals surface area contributed by atoms with Gasteiger partial charge in [-0.05, 0) is 24.3 Å². The molecule has 10 heteroatoms. The van der Waals surface area contributed by atoms with Gasteiger partial charge in [0.05, 0.1) is 23.5 Å². The molecular weight excluding hydrogens is 404 g/mol. The molecule has 0 aliphatic heterocycles. The fourth-order valence-electron chi connectivity index (χ4n) is 2.43. The van der Waals surface area contributed by atoms with Crippen molar-refractivity contribution in [2.75, 3.05) is 17.1 Å². The third-order valence-electron chi connectivity index (χ3n) is 3.75. The minimum absolute atomic E-state index is 0.0390. The molecule has 8 nitrogen and oxygen atoms in total. The highest BCUT2D eigenvalue weighted by Gasteiger charge is 2.21. The number of amides is 1. The minimum atomic E-state index is -3.63. The van der Waals surface area contributed by atoms with Crippen molar-refractivity contribution in [3.8, 4) is 11.4 Å². The Morgan fingerprint density at radius 2 is 1.82 bits per heavy atom. The molecule has 0 aliphatic carbocycles. The Hall–Kier alpha value is -2.91. The van der Waals surface area contributed by atoms with Gasteiger partial charge in [0, 0.05) is 5.56 Å². The Bertz CT molecular complexity index is 1070. The van der Waals surface area contributed by atoms with Gasteiger partial charge >= 0.3 is 0 Å². The van der Waals surface area contributed by atoms with Gasteiger partial charge in [-0.3, -0.25) is 9.10 Å². The van der Waals surface area contributed by atoms with E-state index in [1.54, 1.807) is 54.6 Å². The van der Waals surface area contributed by atoms with Crippen LogP contribution >= 0.6 is 11.6 Å². The summed E-state index contributed by atoms with van der Waals surface area (Å²) >= 11 is 6.10. The average molecular weight is 421 g/mol. The number of hydrogen-bond acceptors (Lipinski definition) is 6. The van der Waals surface area contributed by atoms with E-state index in [-0.39, 0.29) is 19.0 Å². The van der Waals surface area contributed by atoms with Crippen LogP contribution in [0.1, 0.15) is 5.89 Å². The van der Waals surface area contributed by atoms with Crippen molar-refractivity contribution in [3.05, 3.63) is 65.5 Å². The molecule has 1 aromatic heterocycles. The molecule has 0 aliphatic rings. The van der Waals surface area contributed by atoms with E-state index < -0.39 is 15.9 Å². The third kappa shape index (κ3) is 4.87. The molecule has 0 radical (unpaired) electrons. The van der Waals surface area contributed by atoms with Gasteiger partial charge in [0.15, 0.2) is 0 Å². The summed E-state index contributed by atoms with van der Waals surface area (Å²) in [6.07, 6.45) is 1.04. The molecule has 2 aromatic carbocycles. The number of sulfonamides is 1. The van der Waals surface area contributed by atoms with Crippen LogP contribution in [0.2, 0.25) is 5.02 Å². The van der Waals surface area contributed by atoms with Gasteiger partial charge in [0.1, 0.15) is 6.54 Å². The summed E-state index contributed by atoms with van der Waals surface area (Å²) in [4.78, 5) is 16.4. The number of benzene rings is 2. The van der Waals surface area contributed by atoms with Gasteiger partial charge in [-0.1, -0.05) is 47.1 Å². The van der Waals surface area contributed by atoms with Crippen LogP contribution in [0.4, 0.5) is 5.69 Å². The number of aromatic nitrogens is 2. The van der Waals surface area contributed by atoms with Crippen LogP contribution in [0.15, 0.2) is 59.1 Å². The maximum Gasteiger partial charge on any atom is 0.246 e. The van der Waals surface area contributed by atoms with Gasteiger partial charge in [0.2, 0.25) is 27.6 Å². The number of rotatable bonds is 7. The molecule has 3 rings (SSSR count). The molecule has 28 heavy (non-hydrogen) atoms. The molecule has 146 valence electrons. The van der Waals surface area contributed by atoms with Gasteiger partial charge in [-0.15, -0.1) is 0 Å². The summed E-state index contributed by atoms with van der Waals surface area (Å²) in [5, 5.41) is 6.90. The molecule has 0 bridgehead atoms. The van der Waals surface area contributed by atoms with Crippen molar-refractivity contribution in [2.24, 2.45) is 0 Å². The monoisotopic (exact) mass is 420 g/mol. The van der Waals surface area contributed by atoms with Gasteiger partial charge < -0.3 is 9.84 Å². The molecule has 0 saturated carbocycles. The Morgan fingerprint density at radius 1 is 1.14 bits per heavy atom. The quantitative estimate of drug-likeness (QED) is 0.629. The second-order valence-corrected chi connectivity index (χ2v) is 8.19. The number of nitrogens with one attached hydrogen (secondary N) is 1. The molecule has 0 saturated heterocycles. The fraction of sp³-hybridized carbons (Fsp3) is 0.167. The normalized spacial score (nSPS) is 11.2. The minimum Gasteiger partial charge on any atom is -0.345 e. The SMILES string of the molecule is CS(=O)(=O)N(CC(=O)NCc1nc(-c2ccccc2Cl)no1)c1ccccc1. The highest BCUT2D eigenvalue weighted by Crippen LogP contribution is 2.24. The maximum atomic E-state index is 12.2.